The number of hydrogen-bond donors (Lipinski definition) is 0. The van der Waals surface area contributed by atoms with Gasteiger partial charge in [0.05, 0.1) is 18.6 Å². The maximum atomic E-state index is 13.0. The first-order valence-corrected chi connectivity index (χ1v) is 12.7. The molecule has 0 atom stereocenters. The smallest absolute Gasteiger partial charge is 0.266 e. The standard InChI is InChI=1S/C29H27NO4S2/c1-3-9-21-14-15-25(26(18-21)32-2)34-17-16-33-24-13-8-7-12-23(24)19-27-28(31)30(29(35)36-27)20-22-10-5-4-6-11-22/h3-8,10-15,18-19H,1,9,16-17,20H2,2H3. The lowest BCUT2D eigenvalue weighted by Crippen LogP contribution is -2.27. The second-order valence-electron chi connectivity index (χ2n) is 7.97. The molecule has 0 N–H and O–H groups in total. The number of carbonyl (C=O) groups is 1. The van der Waals surface area contributed by atoms with Crippen LogP contribution in [0.4, 0.5) is 0 Å². The van der Waals surface area contributed by atoms with Crippen LogP contribution >= 0.6 is 24.0 Å². The van der Waals surface area contributed by atoms with Gasteiger partial charge < -0.3 is 14.2 Å². The largest absolute Gasteiger partial charge is 0.493 e. The minimum Gasteiger partial charge on any atom is -0.493 e. The van der Waals surface area contributed by atoms with E-state index >= 15 is 0 Å². The molecule has 0 radical (unpaired) electrons. The van der Waals surface area contributed by atoms with Crippen molar-refractivity contribution in [3.05, 3.63) is 107 Å². The number of benzene rings is 3. The zero-order valence-corrected chi connectivity index (χ0v) is 21.6. The number of carbonyl (C=O) groups excluding carboxylic acids is 1. The van der Waals surface area contributed by atoms with Gasteiger partial charge in [0, 0.05) is 5.56 Å². The summed E-state index contributed by atoms with van der Waals surface area (Å²) in [6.07, 6.45) is 4.45. The van der Waals surface area contributed by atoms with Crippen molar-refractivity contribution in [1.29, 1.82) is 0 Å². The van der Waals surface area contributed by atoms with E-state index in [0.29, 0.717) is 46.2 Å². The molecule has 1 saturated heterocycles. The topological polar surface area (TPSA) is 48.0 Å². The SMILES string of the molecule is C=CCc1ccc(OCCOc2ccccc2C=C2SC(=S)N(Cc3ccccc3)C2=O)c(OC)c1. The lowest BCUT2D eigenvalue weighted by Gasteiger charge is -2.14. The molecule has 0 unspecified atom stereocenters. The van der Waals surface area contributed by atoms with Crippen molar-refractivity contribution in [3.63, 3.8) is 0 Å². The van der Waals surface area contributed by atoms with Gasteiger partial charge in [-0.3, -0.25) is 9.69 Å². The van der Waals surface area contributed by atoms with E-state index in [1.807, 2.05) is 84.9 Å². The third-order valence-electron chi connectivity index (χ3n) is 5.47. The van der Waals surface area contributed by atoms with Gasteiger partial charge in [-0.2, -0.15) is 0 Å². The van der Waals surface area contributed by atoms with Crippen LogP contribution in [0.1, 0.15) is 16.7 Å². The Morgan fingerprint density at radius 1 is 0.917 bits per heavy atom. The fraction of sp³-hybridized carbons (Fsp3) is 0.172. The number of rotatable bonds is 11. The third kappa shape index (κ3) is 6.36. The van der Waals surface area contributed by atoms with Gasteiger partial charge in [0.15, 0.2) is 11.5 Å². The highest BCUT2D eigenvalue weighted by Gasteiger charge is 2.32. The summed E-state index contributed by atoms with van der Waals surface area (Å²) in [5.74, 6) is 1.90. The molecule has 1 fully saturated rings. The fourth-order valence-corrected chi connectivity index (χ4v) is 4.95. The molecular weight excluding hydrogens is 490 g/mol. The Hall–Kier alpha value is -3.55. The average Bonchev–Trinajstić information content (AvgIpc) is 3.16. The predicted octanol–water partition coefficient (Wildman–Crippen LogP) is 6.28. The van der Waals surface area contributed by atoms with E-state index < -0.39 is 0 Å². The first-order valence-electron chi connectivity index (χ1n) is 11.5. The number of hydrogen-bond acceptors (Lipinski definition) is 6. The van der Waals surface area contributed by atoms with E-state index in [4.69, 9.17) is 26.4 Å². The van der Waals surface area contributed by atoms with E-state index in [1.165, 1.54) is 11.8 Å². The van der Waals surface area contributed by atoms with Crippen molar-refractivity contribution in [2.75, 3.05) is 20.3 Å². The number of thioether (sulfide) groups is 1. The van der Waals surface area contributed by atoms with Crippen LogP contribution in [0.3, 0.4) is 0 Å². The summed E-state index contributed by atoms with van der Waals surface area (Å²) < 4.78 is 17.9. The van der Waals surface area contributed by atoms with E-state index in [9.17, 15) is 4.79 Å². The second kappa shape index (κ2) is 12.4. The summed E-state index contributed by atoms with van der Waals surface area (Å²) in [5, 5.41) is 0. The minimum atomic E-state index is -0.0982. The van der Waals surface area contributed by atoms with Gasteiger partial charge >= 0.3 is 0 Å². The van der Waals surface area contributed by atoms with Gasteiger partial charge in [-0.25, -0.2) is 0 Å². The van der Waals surface area contributed by atoms with Crippen molar-refractivity contribution >= 4 is 40.3 Å². The number of nitrogens with zero attached hydrogens (tertiary/aromatic N) is 1. The van der Waals surface area contributed by atoms with Gasteiger partial charge in [0.1, 0.15) is 23.3 Å². The number of thiocarbonyl (C=S) groups is 1. The summed E-state index contributed by atoms with van der Waals surface area (Å²) in [4.78, 5) is 15.3. The van der Waals surface area contributed by atoms with E-state index in [-0.39, 0.29) is 5.91 Å². The molecule has 3 aromatic carbocycles. The van der Waals surface area contributed by atoms with Gasteiger partial charge in [-0.1, -0.05) is 84.7 Å². The average molecular weight is 518 g/mol. The molecule has 3 aromatic rings. The van der Waals surface area contributed by atoms with E-state index in [1.54, 1.807) is 12.0 Å². The summed E-state index contributed by atoms with van der Waals surface area (Å²) in [5.41, 5.74) is 2.95. The van der Waals surface area contributed by atoms with Crippen LogP contribution in [0, 0.1) is 0 Å². The van der Waals surface area contributed by atoms with Crippen molar-refractivity contribution < 1.29 is 19.0 Å². The maximum absolute atomic E-state index is 13.0. The molecule has 184 valence electrons. The number of para-hydroxylation sites is 1. The molecule has 5 nitrogen and oxygen atoms in total. The molecule has 1 aliphatic rings. The molecule has 0 aliphatic carbocycles. The molecule has 0 spiro atoms. The number of methoxy groups -OCH3 is 1. The Bertz CT molecular complexity index is 1270. The minimum absolute atomic E-state index is 0.0982. The van der Waals surface area contributed by atoms with Crippen LogP contribution in [-0.2, 0) is 17.8 Å². The molecule has 1 aliphatic heterocycles. The fourth-order valence-electron chi connectivity index (χ4n) is 3.70. The second-order valence-corrected chi connectivity index (χ2v) is 9.64. The van der Waals surface area contributed by atoms with E-state index in [0.717, 1.165) is 23.1 Å². The predicted molar refractivity (Wildman–Crippen MR) is 149 cm³/mol. The van der Waals surface area contributed by atoms with Crippen LogP contribution in [0.5, 0.6) is 17.2 Å². The zero-order chi connectivity index (χ0) is 25.3. The van der Waals surface area contributed by atoms with Crippen LogP contribution in [-0.4, -0.2) is 35.5 Å². The molecule has 4 rings (SSSR count). The van der Waals surface area contributed by atoms with Crippen molar-refractivity contribution in [2.45, 2.75) is 13.0 Å². The summed E-state index contributed by atoms with van der Waals surface area (Å²) in [6, 6.07) is 23.3. The first-order chi connectivity index (χ1) is 17.6. The quantitative estimate of drug-likeness (QED) is 0.129. The Labute approximate surface area is 221 Å². The van der Waals surface area contributed by atoms with Gasteiger partial charge in [-0.15, -0.1) is 6.58 Å². The third-order valence-corrected chi connectivity index (χ3v) is 6.85. The Morgan fingerprint density at radius 3 is 2.39 bits per heavy atom. The summed E-state index contributed by atoms with van der Waals surface area (Å²) in [7, 11) is 1.62. The number of amides is 1. The van der Waals surface area contributed by atoms with Crippen LogP contribution < -0.4 is 14.2 Å². The number of allylic oxidation sites excluding steroid dienone is 1. The van der Waals surface area contributed by atoms with Gasteiger partial charge in [0.2, 0.25) is 0 Å². The molecule has 0 saturated carbocycles. The molecule has 7 heteroatoms. The van der Waals surface area contributed by atoms with Crippen molar-refractivity contribution in [1.82, 2.24) is 4.90 Å². The Morgan fingerprint density at radius 2 is 1.64 bits per heavy atom. The zero-order valence-electron chi connectivity index (χ0n) is 20.0. The van der Waals surface area contributed by atoms with Crippen molar-refractivity contribution in [2.24, 2.45) is 0 Å². The molecular formula is C29H27NO4S2. The highest BCUT2D eigenvalue weighted by Crippen LogP contribution is 2.35. The molecule has 36 heavy (non-hydrogen) atoms. The Balaban J connectivity index is 1.39. The molecule has 1 heterocycles. The van der Waals surface area contributed by atoms with Gasteiger partial charge in [-0.05, 0) is 41.8 Å². The van der Waals surface area contributed by atoms with Crippen LogP contribution in [0.25, 0.3) is 6.08 Å². The normalized spacial score (nSPS) is 14.2. The van der Waals surface area contributed by atoms with E-state index in [2.05, 4.69) is 6.58 Å². The molecule has 1 amide bonds. The highest BCUT2D eigenvalue weighted by atomic mass is 32.2. The lowest BCUT2D eigenvalue weighted by molar-refractivity contribution is -0.122. The van der Waals surface area contributed by atoms with Crippen LogP contribution in [0.15, 0.2) is 90.4 Å². The first kappa shape index (κ1) is 25.5. The molecule has 0 bridgehead atoms. The monoisotopic (exact) mass is 517 g/mol. The number of ether oxygens (including phenoxy) is 3. The Kier molecular flexibility index (Phi) is 8.81. The van der Waals surface area contributed by atoms with Gasteiger partial charge in [0.25, 0.3) is 5.91 Å². The maximum Gasteiger partial charge on any atom is 0.266 e. The summed E-state index contributed by atoms with van der Waals surface area (Å²) in [6.45, 7) is 4.89. The highest BCUT2D eigenvalue weighted by molar-refractivity contribution is 8.26. The molecule has 0 aromatic heterocycles. The van der Waals surface area contributed by atoms with Crippen LogP contribution in [0.2, 0.25) is 0 Å². The van der Waals surface area contributed by atoms with Crippen molar-refractivity contribution in [3.8, 4) is 17.2 Å². The lowest BCUT2D eigenvalue weighted by atomic mass is 10.1. The summed E-state index contributed by atoms with van der Waals surface area (Å²) >= 11 is 6.79.